The van der Waals surface area contributed by atoms with E-state index in [2.05, 4.69) is 66.4 Å². The molecule has 0 saturated carbocycles. The van der Waals surface area contributed by atoms with Crippen molar-refractivity contribution in [3.8, 4) is 11.5 Å². The third kappa shape index (κ3) is 6.46. The van der Waals surface area contributed by atoms with E-state index in [-0.39, 0.29) is 9.74 Å². The van der Waals surface area contributed by atoms with Gasteiger partial charge in [0.1, 0.15) is 6.61 Å². The summed E-state index contributed by atoms with van der Waals surface area (Å²) in [5.74, 6) is 0.262. The fourth-order valence-corrected chi connectivity index (χ4v) is 5.44. The number of hydrogen-bond donors (Lipinski definition) is 1. The normalized spacial score (nSPS) is 14.7. The highest BCUT2D eigenvalue weighted by atomic mass is 79.9. The number of nitrogens with one attached hydrogen (secondary N) is 1. The van der Waals surface area contributed by atoms with Gasteiger partial charge in [-0.3, -0.25) is 15.0 Å². The van der Waals surface area contributed by atoms with Crippen LogP contribution in [0.1, 0.15) is 47.8 Å². The molecule has 0 unspecified atom stereocenters. The van der Waals surface area contributed by atoms with Crippen LogP contribution < -0.4 is 14.9 Å². The van der Waals surface area contributed by atoms with Crippen LogP contribution in [0.3, 0.4) is 0 Å². The predicted molar refractivity (Wildman–Crippen MR) is 159 cm³/mol. The minimum Gasteiger partial charge on any atom is -0.493 e. The van der Waals surface area contributed by atoms with Gasteiger partial charge in [0.05, 0.1) is 16.5 Å². The lowest BCUT2D eigenvalue weighted by Crippen LogP contribution is -2.44. The molecule has 3 aromatic rings. The summed E-state index contributed by atoms with van der Waals surface area (Å²) in [6, 6.07) is 20.6. The first-order valence-corrected chi connectivity index (χ1v) is 13.8. The van der Waals surface area contributed by atoms with Crippen molar-refractivity contribution in [2.24, 2.45) is 0 Å². The molecule has 196 valence electrons. The number of nitrogens with zero attached hydrogens (tertiary/aromatic N) is 1. The fourth-order valence-electron chi connectivity index (χ4n) is 3.69. The third-order valence-corrected chi connectivity index (χ3v) is 7.69. The van der Waals surface area contributed by atoms with Gasteiger partial charge in [0, 0.05) is 5.56 Å². The first-order chi connectivity index (χ1) is 18.1. The van der Waals surface area contributed by atoms with Gasteiger partial charge in [-0.25, -0.2) is 0 Å². The molecule has 2 amide bonds. The Labute approximate surface area is 240 Å². The maximum absolute atomic E-state index is 13.0. The van der Waals surface area contributed by atoms with Crippen LogP contribution in [0.15, 0.2) is 76.1 Å². The average Bonchev–Trinajstić information content (AvgIpc) is 3.15. The fraction of sp³-hybridized carbons (Fsp3) is 0.207. The summed E-state index contributed by atoms with van der Waals surface area (Å²) in [5, 5.41) is 1.09. The molecular formula is C29H27BrN2O4S2. The Hall–Kier alpha value is -3.14. The van der Waals surface area contributed by atoms with Gasteiger partial charge in [-0.05, 0) is 80.6 Å². The van der Waals surface area contributed by atoms with E-state index in [1.165, 1.54) is 5.56 Å². The molecule has 3 aromatic carbocycles. The van der Waals surface area contributed by atoms with Gasteiger partial charge < -0.3 is 9.47 Å². The van der Waals surface area contributed by atoms with Crippen molar-refractivity contribution in [3.05, 3.63) is 98.4 Å². The van der Waals surface area contributed by atoms with Crippen LogP contribution in [0.4, 0.5) is 0 Å². The molecule has 6 nitrogen and oxygen atoms in total. The number of hydrogen-bond acceptors (Lipinski definition) is 6. The van der Waals surface area contributed by atoms with Crippen molar-refractivity contribution in [3.63, 3.8) is 0 Å². The summed E-state index contributed by atoms with van der Waals surface area (Å²) in [6.07, 6.45) is 1.70. The Balaban J connectivity index is 1.48. The van der Waals surface area contributed by atoms with Crippen LogP contribution in [0, 0.1) is 0 Å². The third-order valence-electron chi connectivity index (χ3n) is 5.80. The summed E-state index contributed by atoms with van der Waals surface area (Å²) in [5.41, 5.74) is 6.11. The summed E-state index contributed by atoms with van der Waals surface area (Å²) in [7, 11) is 1.56. The molecule has 0 radical (unpaired) electrons. The molecule has 38 heavy (non-hydrogen) atoms. The molecule has 0 aliphatic carbocycles. The van der Waals surface area contributed by atoms with E-state index in [9.17, 15) is 9.59 Å². The molecule has 0 bridgehead atoms. The van der Waals surface area contributed by atoms with Gasteiger partial charge in [-0.2, -0.15) is 5.01 Å². The topological polar surface area (TPSA) is 67.9 Å². The molecule has 1 aliphatic heterocycles. The number of amides is 2. The summed E-state index contributed by atoms with van der Waals surface area (Å²) >= 11 is 10.0. The SMILES string of the molecule is COc1cc(/C=C2/SC(=S)N(NC(=O)c3ccccc3)C2=O)cc(Br)c1OCc1ccc(C(C)(C)C)cc1. The van der Waals surface area contributed by atoms with Crippen LogP contribution in [-0.4, -0.2) is 28.3 Å². The second-order valence-corrected chi connectivity index (χ2v) is 12.1. The van der Waals surface area contributed by atoms with E-state index < -0.39 is 11.8 Å². The Bertz CT molecular complexity index is 1400. The number of benzene rings is 3. The Morgan fingerprint density at radius 3 is 2.42 bits per heavy atom. The van der Waals surface area contributed by atoms with Crippen LogP contribution >= 0.6 is 39.9 Å². The van der Waals surface area contributed by atoms with Crippen LogP contribution in [0.2, 0.25) is 0 Å². The van der Waals surface area contributed by atoms with Crippen LogP contribution in [-0.2, 0) is 16.8 Å². The molecule has 1 N–H and O–H groups in total. The Morgan fingerprint density at radius 1 is 1.11 bits per heavy atom. The maximum atomic E-state index is 13.0. The molecule has 1 fully saturated rings. The highest BCUT2D eigenvalue weighted by molar-refractivity contribution is 9.10. The Morgan fingerprint density at radius 2 is 1.79 bits per heavy atom. The standard InChI is InChI=1S/C29H27BrN2O4S2/c1-29(2,3)21-12-10-18(11-13-21)17-36-25-22(30)14-19(15-23(25)35-4)16-24-27(34)32(28(37)38-24)31-26(33)20-8-6-5-7-9-20/h5-16H,17H2,1-4H3,(H,31,33)/b24-16+. The second kappa shape index (κ2) is 11.7. The van der Waals surface area contributed by atoms with Gasteiger partial charge in [-0.15, -0.1) is 0 Å². The van der Waals surface area contributed by atoms with E-state index in [0.717, 1.165) is 22.3 Å². The molecular weight excluding hydrogens is 584 g/mol. The van der Waals surface area contributed by atoms with E-state index in [1.54, 1.807) is 43.5 Å². The van der Waals surface area contributed by atoms with Crippen molar-refractivity contribution in [1.29, 1.82) is 0 Å². The quantitative estimate of drug-likeness (QED) is 0.232. The number of carbonyl (C=O) groups is 2. The van der Waals surface area contributed by atoms with Crippen LogP contribution in [0.5, 0.6) is 11.5 Å². The van der Waals surface area contributed by atoms with Crippen LogP contribution in [0.25, 0.3) is 6.08 Å². The van der Waals surface area contributed by atoms with E-state index in [4.69, 9.17) is 21.7 Å². The Kier molecular flexibility index (Phi) is 8.60. The summed E-state index contributed by atoms with van der Waals surface area (Å²) < 4.78 is 12.6. The van der Waals surface area contributed by atoms with E-state index in [0.29, 0.717) is 38.6 Å². The highest BCUT2D eigenvalue weighted by Crippen LogP contribution is 2.39. The number of carbonyl (C=O) groups excluding carboxylic acids is 2. The first kappa shape index (κ1) is 27.9. The molecule has 9 heteroatoms. The second-order valence-electron chi connectivity index (χ2n) is 9.59. The minimum absolute atomic E-state index is 0.0865. The molecule has 1 heterocycles. The molecule has 1 saturated heterocycles. The van der Waals surface area contributed by atoms with E-state index >= 15 is 0 Å². The number of thiocarbonyl (C=S) groups is 1. The zero-order valence-corrected chi connectivity index (χ0v) is 24.6. The molecule has 1 aliphatic rings. The van der Waals surface area contributed by atoms with E-state index in [1.807, 2.05) is 12.1 Å². The molecule has 4 rings (SSSR count). The lowest BCUT2D eigenvalue weighted by molar-refractivity contribution is -0.123. The molecule has 0 aromatic heterocycles. The number of ether oxygens (including phenoxy) is 2. The zero-order chi connectivity index (χ0) is 27.4. The number of hydrazine groups is 1. The molecule has 0 atom stereocenters. The lowest BCUT2D eigenvalue weighted by Gasteiger charge is -2.19. The zero-order valence-electron chi connectivity index (χ0n) is 21.4. The van der Waals surface area contributed by atoms with Crippen molar-refractivity contribution >= 4 is 62.1 Å². The monoisotopic (exact) mass is 610 g/mol. The van der Waals surface area contributed by atoms with Crippen molar-refractivity contribution < 1.29 is 19.1 Å². The lowest BCUT2D eigenvalue weighted by atomic mass is 9.87. The minimum atomic E-state index is -0.415. The largest absolute Gasteiger partial charge is 0.493 e. The number of halogens is 1. The van der Waals surface area contributed by atoms with Gasteiger partial charge in [0.25, 0.3) is 11.8 Å². The summed E-state index contributed by atoms with van der Waals surface area (Å²) in [4.78, 5) is 25.9. The van der Waals surface area contributed by atoms with Gasteiger partial charge >= 0.3 is 0 Å². The smallest absolute Gasteiger partial charge is 0.285 e. The van der Waals surface area contributed by atoms with Gasteiger partial charge in [0.15, 0.2) is 15.8 Å². The van der Waals surface area contributed by atoms with Crippen molar-refractivity contribution in [2.75, 3.05) is 7.11 Å². The highest BCUT2D eigenvalue weighted by Gasteiger charge is 2.34. The molecule has 0 spiro atoms. The van der Waals surface area contributed by atoms with Gasteiger partial charge in [0.2, 0.25) is 0 Å². The summed E-state index contributed by atoms with van der Waals surface area (Å²) in [6.45, 7) is 6.92. The van der Waals surface area contributed by atoms with Crippen molar-refractivity contribution in [1.82, 2.24) is 10.4 Å². The number of thioether (sulfide) groups is 1. The van der Waals surface area contributed by atoms with Crippen molar-refractivity contribution in [2.45, 2.75) is 32.8 Å². The number of rotatable bonds is 7. The maximum Gasteiger partial charge on any atom is 0.285 e. The first-order valence-electron chi connectivity index (χ1n) is 11.8. The predicted octanol–water partition coefficient (Wildman–Crippen LogP) is 6.88. The van der Waals surface area contributed by atoms with Gasteiger partial charge in [-0.1, -0.05) is 75.0 Å². The average molecular weight is 612 g/mol. The number of methoxy groups -OCH3 is 1.